The number of pyridine rings is 1. The molecule has 2 aromatic carbocycles. The summed E-state index contributed by atoms with van der Waals surface area (Å²) >= 11 is 0. The summed E-state index contributed by atoms with van der Waals surface area (Å²) in [7, 11) is 0. The van der Waals surface area contributed by atoms with Gasteiger partial charge in [0.15, 0.2) is 0 Å². The largest absolute Gasteiger partial charge is 0.457 e. The normalized spacial score (nSPS) is 15.8. The molecule has 30 heavy (non-hydrogen) atoms. The number of rotatable bonds is 5. The van der Waals surface area contributed by atoms with Crippen LogP contribution in [0.5, 0.6) is 11.5 Å². The molecule has 150 valence electrons. The van der Waals surface area contributed by atoms with Crippen LogP contribution in [-0.2, 0) is 0 Å². The maximum absolute atomic E-state index is 6.27. The fourth-order valence-corrected chi connectivity index (χ4v) is 4.07. The Bertz CT molecular complexity index is 1200. The van der Waals surface area contributed by atoms with Crippen LogP contribution in [0.15, 0.2) is 78.5 Å². The van der Waals surface area contributed by atoms with Crippen molar-refractivity contribution in [2.75, 3.05) is 5.73 Å². The molecule has 0 aliphatic heterocycles. The van der Waals surface area contributed by atoms with Crippen molar-refractivity contribution in [3.63, 3.8) is 0 Å². The van der Waals surface area contributed by atoms with Gasteiger partial charge in [0, 0.05) is 11.8 Å². The lowest BCUT2D eigenvalue weighted by Crippen LogP contribution is -2.20. The third-order valence-corrected chi connectivity index (χ3v) is 5.59. The molecular formula is C25H24N4O. The summed E-state index contributed by atoms with van der Waals surface area (Å²) in [4.78, 5) is 4.32. The topological polar surface area (TPSA) is 66.0 Å². The fraction of sp³-hybridized carbons (Fsp3) is 0.200. The van der Waals surface area contributed by atoms with Gasteiger partial charge in [-0.25, -0.2) is 4.98 Å². The zero-order chi connectivity index (χ0) is 20.5. The second-order valence-corrected chi connectivity index (χ2v) is 7.66. The first-order valence-corrected chi connectivity index (χ1v) is 10.4. The van der Waals surface area contributed by atoms with Gasteiger partial charge in [-0.05, 0) is 61.7 Å². The van der Waals surface area contributed by atoms with Gasteiger partial charge < -0.3 is 10.5 Å². The molecule has 0 unspecified atom stereocenters. The lowest BCUT2D eigenvalue weighted by Gasteiger charge is -2.30. The lowest BCUT2D eigenvalue weighted by molar-refractivity contribution is 0.381. The number of nitrogen functional groups attached to an aromatic ring is 1. The van der Waals surface area contributed by atoms with E-state index < -0.39 is 0 Å². The highest BCUT2D eigenvalue weighted by Crippen LogP contribution is 2.41. The Morgan fingerprint density at radius 3 is 2.50 bits per heavy atom. The molecule has 0 saturated heterocycles. The second-order valence-electron chi connectivity index (χ2n) is 7.66. The van der Waals surface area contributed by atoms with Crippen molar-refractivity contribution in [2.24, 2.45) is 0 Å². The molecule has 2 aromatic heterocycles. The van der Waals surface area contributed by atoms with Gasteiger partial charge in [0.2, 0.25) is 0 Å². The Kier molecular flexibility index (Phi) is 4.71. The number of hydrogen-bond acceptors (Lipinski definition) is 4. The van der Waals surface area contributed by atoms with E-state index >= 15 is 0 Å². The SMILES string of the molecule is CCC=C1CC(n2nc(-c3ccc(Oc4ccccc4)cc3)c3c(N)nccc32)C1. The number of aromatic nitrogens is 3. The predicted octanol–water partition coefficient (Wildman–Crippen LogP) is 6.14. The Morgan fingerprint density at radius 1 is 1.03 bits per heavy atom. The van der Waals surface area contributed by atoms with Gasteiger partial charge in [0.1, 0.15) is 23.0 Å². The van der Waals surface area contributed by atoms with Crippen LogP contribution in [0.4, 0.5) is 5.82 Å². The van der Waals surface area contributed by atoms with E-state index in [1.807, 2.05) is 60.7 Å². The Labute approximate surface area is 175 Å². The molecule has 1 saturated carbocycles. The molecular weight excluding hydrogens is 372 g/mol. The number of allylic oxidation sites excluding steroid dienone is 2. The summed E-state index contributed by atoms with van der Waals surface area (Å²) in [6, 6.07) is 20.1. The smallest absolute Gasteiger partial charge is 0.135 e. The maximum atomic E-state index is 6.27. The molecule has 0 radical (unpaired) electrons. The summed E-state index contributed by atoms with van der Waals surface area (Å²) < 4.78 is 8.05. The van der Waals surface area contributed by atoms with E-state index in [-0.39, 0.29) is 0 Å². The minimum absolute atomic E-state index is 0.376. The minimum Gasteiger partial charge on any atom is -0.457 e. The Balaban J connectivity index is 1.49. The average molecular weight is 396 g/mol. The highest BCUT2D eigenvalue weighted by atomic mass is 16.5. The third kappa shape index (κ3) is 3.32. The van der Waals surface area contributed by atoms with Crippen LogP contribution >= 0.6 is 0 Å². The number of para-hydroxylation sites is 1. The number of anilines is 1. The monoisotopic (exact) mass is 396 g/mol. The van der Waals surface area contributed by atoms with Crippen LogP contribution in [-0.4, -0.2) is 14.8 Å². The molecule has 5 heteroatoms. The first kappa shape index (κ1) is 18.4. The molecule has 4 aromatic rings. The number of hydrogen-bond donors (Lipinski definition) is 1. The summed E-state index contributed by atoms with van der Waals surface area (Å²) in [5.74, 6) is 2.12. The molecule has 1 fully saturated rings. The first-order chi connectivity index (χ1) is 14.7. The number of nitrogens with zero attached hydrogens (tertiary/aromatic N) is 3. The van der Waals surface area contributed by atoms with Crippen LogP contribution in [0.2, 0.25) is 0 Å². The quantitative estimate of drug-likeness (QED) is 0.411. The Morgan fingerprint density at radius 2 is 1.77 bits per heavy atom. The number of benzene rings is 2. The van der Waals surface area contributed by atoms with Crippen LogP contribution in [0.3, 0.4) is 0 Å². The van der Waals surface area contributed by atoms with Crippen LogP contribution in [0.25, 0.3) is 22.2 Å². The number of nitrogens with two attached hydrogens (primary N) is 1. The van der Waals surface area contributed by atoms with Gasteiger partial charge >= 0.3 is 0 Å². The molecule has 0 amide bonds. The summed E-state index contributed by atoms with van der Waals surface area (Å²) in [6.07, 6.45) is 7.27. The Hall–Kier alpha value is -3.60. The van der Waals surface area contributed by atoms with E-state index in [2.05, 4.69) is 22.7 Å². The zero-order valence-corrected chi connectivity index (χ0v) is 17.0. The average Bonchev–Trinajstić information content (AvgIpc) is 3.12. The third-order valence-electron chi connectivity index (χ3n) is 5.59. The van der Waals surface area contributed by atoms with Gasteiger partial charge in [0.05, 0.1) is 16.9 Å². The molecule has 2 N–H and O–H groups in total. The van der Waals surface area contributed by atoms with E-state index in [0.717, 1.165) is 52.9 Å². The molecule has 1 aliphatic rings. The van der Waals surface area contributed by atoms with Crippen LogP contribution < -0.4 is 10.5 Å². The summed E-state index contributed by atoms with van der Waals surface area (Å²) in [5.41, 5.74) is 10.7. The van der Waals surface area contributed by atoms with Gasteiger partial charge in [-0.15, -0.1) is 0 Å². The van der Waals surface area contributed by atoms with Crippen molar-refractivity contribution < 1.29 is 4.74 Å². The van der Waals surface area contributed by atoms with Gasteiger partial charge in [-0.2, -0.15) is 5.10 Å². The lowest BCUT2D eigenvalue weighted by atomic mass is 9.86. The van der Waals surface area contributed by atoms with Gasteiger partial charge in [-0.1, -0.05) is 36.8 Å². The predicted molar refractivity (Wildman–Crippen MR) is 121 cm³/mol. The van der Waals surface area contributed by atoms with Gasteiger partial charge in [0.25, 0.3) is 0 Å². The second kappa shape index (κ2) is 7.67. The maximum Gasteiger partial charge on any atom is 0.135 e. The molecule has 1 aliphatic carbocycles. The highest BCUT2D eigenvalue weighted by molar-refractivity contribution is 6.00. The summed E-state index contributed by atoms with van der Waals surface area (Å²) in [5, 5.41) is 5.90. The first-order valence-electron chi connectivity index (χ1n) is 10.4. The van der Waals surface area contributed by atoms with Crippen molar-refractivity contribution in [3.8, 4) is 22.8 Å². The van der Waals surface area contributed by atoms with Crippen molar-refractivity contribution in [2.45, 2.75) is 32.2 Å². The van der Waals surface area contributed by atoms with E-state index in [1.165, 1.54) is 5.57 Å². The molecule has 0 atom stereocenters. The molecule has 2 heterocycles. The fourth-order valence-electron chi connectivity index (χ4n) is 4.07. The van der Waals surface area contributed by atoms with Gasteiger partial charge in [-0.3, -0.25) is 4.68 Å². The highest BCUT2D eigenvalue weighted by Gasteiger charge is 2.28. The number of fused-ring (bicyclic) bond motifs is 1. The van der Waals surface area contributed by atoms with E-state index in [0.29, 0.717) is 11.9 Å². The van der Waals surface area contributed by atoms with E-state index in [9.17, 15) is 0 Å². The molecule has 0 bridgehead atoms. The summed E-state index contributed by atoms with van der Waals surface area (Å²) in [6.45, 7) is 2.18. The van der Waals surface area contributed by atoms with E-state index in [4.69, 9.17) is 15.6 Å². The van der Waals surface area contributed by atoms with Crippen molar-refractivity contribution in [1.29, 1.82) is 0 Å². The molecule has 0 spiro atoms. The minimum atomic E-state index is 0.376. The number of ether oxygens (including phenoxy) is 1. The van der Waals surface area contributed by atoms with Crippen molar-refractivity contribution in [3.05, 3.63) is 78.5 Å². The molecule has 5 rings (SSSR count). The van der Waals surface area contributed by atoms with Crippen LogP contribution in [0, 0.1) is 0 Å². The molecule has 5 nitrogen and oxygen atoms in total. The van der Waals surface area contributed by atoms with Crippen molar-refractivity contribution in [1.82, 2.24) is 14.8 Å². The van der Waals surface area contributed by atoms with Crippen molar-refractivity contribution >= 4 is 16.7 Å². The zero-order valence-electron chi connectivity index (χ0n) is 17.0. The van der Waals surface area contributed by atoms with E-state index in [1.54, 1.807) is 6.20 Å². The van der Waals surface area contributed by atoms with Crippen LogP contribution in [0.1, 0.15) is 32.2 Å². The standard InChI is InChI=1S/C25H24N4O/c1-2-6-17-15-19(16-17)29-22-13-14-27-25(26)23(22)24(28-29)18-9-11-21(12-10-18)30-20-7-4-3-5-8-20/h3-14,19H,2,15-16H2,1H3,(H2,26,27).